The van der Waals surface area contributed by atoms with Gasteiger partial charge in [0, 0.05) is 29.1 Å². The minimum absolute atomic E-state index is 0.187. The third kappa shape index (κ3) is 2.33. The molecule has 0 saturated heterocycles. The maximum atomic E-state index is 11.9. The maximum absolute atomic E-state index is 11.9. The number of ether oxygens (including phenoxy) is 1. The summed E-state index contributed by atoms with van der Waals surface area (Å²) in [7, 11) is 0. The van der Waals surface area contributed by atoms with Crippen LogP contribution in [0.2, 0.25) is 0 Å². The van der Waals surface area contributed by atoms with Gasteiger partial charge in [-0.05, 0) is 31.5 Å². The van der Waals surface area contributed by atoms with E-state index in [1.165, 1.54) is 0 Å². The maximum Gasteiger partial charge on any atom is 0.165 e. The van der Waals surface area contributed by atoms with E-state index in [1.54, 1.807) is 6.20 Å². The Morgan fingerprint density at radius 2 is 2.18 bits per heavy atom. The van der Waals surface area contributed by atoms with Gasteiger partial charge in [0.1, 0.15) is 5.75 Å². The number of hydrogen-bond acceptors (Lipinski definition) is 2. The lowest BCUT2D eigenvalue weighted by molar-refractivity contribution is 0.0983. The number of ketones is 1. The van der Waals surface area contributed by atoms with Crippen LogP contribution in [0.4, 0.5) is 0 Å². The normalized spacial score (nSPS) is 10.7. The summed E-state index contributed by atoms with van der Waals surface area (Å²) >= 11 is 0. The number of H-pyrrole nitrogens is 1. The molecule has 1 N–H and O–H groups in total. The van der Waals surface area contributed by atoms with E-state index < -0.39 is 0 Å². The standard InChI is InChI=1S/C14H17NO2/c1-3-5-14(16)12-9-15-13-7-6-10(17-4-2)8-11(12)13/h6-9,15H,3-5H2,1-2H3. The van der Waals surface area contributed by atoms with E-state index in [1.807, 2.05) is 32.0 Å². The first-order valence-electron chi connectivity index (χ1n) is 6.03. The van der Waals surface area contributed by atoms with Gasteiger partial charge in [0.2, 0.25) is 0 Å². The van der Waals surface area contributed by atoms with Crippen molar-refractivity contribution in [1.29, 1.82) is 0 Å². The molecule has 1 aromatic carbocycles. The van der Waals surface area contributed by atoms with E-state index in [0.717, 1.165) is 28.6 Å². The van der Waals surface area contributed by atoms with Crippen molar-refractivity contribution < 1.29 is 9.53 Å². The van der Waals surface area contributed by atoms with E-state index in [0.29, 0.717) is 13.0 Å². The Kier molecular flexibility index (Phi) is 3.47. The molecule has 0 amide bonds. The molecular formula is C14H17NO2. The zero-order valence-corrected chi connectivity index (χ0v) is 10.2. The van der Waals surface area contributed by atoms with Crippen molar-refractivity contribution in [3.05, 3.63) is 30.0 Å². The first-order chi connectivity index (χ1) is 8.26. The van der Waals surface area contributed by atoms with Crippen LogP contribution in [0.15, 0.2) is 24.4 Å². The predicted octanol–water partition coefficient (Wildman–Crippen LogP) is 3.55. The Morgan fingerprint density at radius 3 is 2.88 bits per heavy atom. The van der Waals surface area contributed by atoms with E-state index in [4.69, 9.17) is 4.74 Å². The Balaban J connectivity index is 2.42. The van der Waals surface area contributed by atoms with Crippen LogP contribution in [-0.4, -0.2) is 17.4 Å². The number of hydrogen-bond donors (Lipinski definition) is 1. The number of aromatic amines is 1. The second-order valence-electron chi connectivity index (χ2n) is 4.02. The van der Waals surface area contributed by atoms with Crippen LogP contribution < -0.4 is 4.74 Å². The average Bonchev–Trinajstić information content (AvgIpc) is 2.73. The molecule has 3 heteroatoms. The van der Waals surface area contributed by atoms with Gasteiger partial charge in [-0.3, -0.25) is 4.79 Å². The summed E-state index contributed by atoms with van der Waals surface area (Å²) in [6.07, 6.45) is 3.25. The average molecular weight is 231 g/mol. The summed E-state index contributed by atoms with van der Waals surface area (Å²) in [5.74, 6) is 0.998. The van der Waals surface area contributed by atoms with Gasteiger partial charge in [-0.25, -0.2) is 0 Å². The smallest absolute Gasteiger partial charge is 0.165 e. The van der Waals surface area contributed by atoms with Gasteiger partial charge in [0.05, 0.1) is 6.61 Å². The molecule has 1 aromatic heterocycles. The van der Waals surface area contributed by atoms with Crippen LogP contribution >= 0.6 is 0 Å². The minimum atomic E-state index is 0.187. The molecule has 0 bridgehead atoms. The number of aromatic nitrogens is 1. The van der Waals surface area contributed by atoms with Crippen molar-refractivity contribution >= 4 is 16.7 Å². The van der Waals surface area contributed by atoms with Crippen molar-refractivity contribution in [2.45, 2.75) is 26.7 Å². The molecule has 2 rings (SSSR count). The predicted molar refractivity (Wildman–Crippen MR) is 68.7 cm³/mol. The van der Waals surface area contributed by atoms with E-state index in [9.17, 15) is 4.79 Å². The molecule has 0 atom stereocenters. The highest BCUT2D eigenvalue weighted by atomic mass is 16.5. The summed E-state index contributed by atoms with van der Waals surface area (Å²) < 4.78 is 5.45. The molecule has 17 heavy (non-hydrogen) atoms. The fourth-order valence-electron chi connectivity index (χ4n) is 1.95. The molecule has 1 heterocycles. The zero-order chi connectivity index (χ0) is 12.3. The first-order valence-corrected chi connectivity index (χ1v) is 6.03. The number of Topliss-reactive ketones (excluding diaryl/α,β-unsaturated/α-hetero) is 1. The van der Waals surface area contributed by atoms with E-state index in [-0.39, 0.29) is 5.78 Å². The van der Waals surface area contributed by atoms with Gasteiger partial charge in [-0.1, -0.05) is 6.92 Å². The lowest BCUT2D eigenvalue weighted by Gasteiger charge is -2.03. The van der Waals surface area contributed by atoms with Gasteiger partial charge in [0.15, 0.2) is 5.78 Å². The highest BCUT2D eigenvalue weighted by Crippen LogP contribution is 2.24. The number of carbonyl (C=O) groups excluding carboxylic acids is 1. The number of carbonyl (C=O) groups is 1. The van der Waals surface area contributed by atoms with Crippen LogP contribution in [-0.2, 0) is 0 Å². The molecule has 0 aliphatic heterocycles. The summed E-state index contributed by atoms with van der Waals surface area (Å²) in [5.41, 5.74) is 1.75. The number of fused-ring (bicyclic) bond motifs is 1. The summed E-state index contributed by atoms with van der Waals surface area (Å²) in [4.78, 5) is 15.0. The van der Waals surface area contributed by atoms with Crippen molar-refractivity contribution in [3.8, 4) is 5.75 Å². The zero-order valence-electron chi connectivity index (χ0n) is 10.2. The van der Waals surface area contributed by atoms with Gasteiger partial charge in [-0.2, -0.15) is 0 Å². The van der Waals surface area contributed by atoms with Crippen molar-refractivity contribution in [2.24, 2.45) is 0 Å². The van der Waals surface area contributed by atoms with Gasteiger partial charge < -0.3 is 9.72 Å². The summed E-state index contributed by atoms with van der Waals surface area (Å²) in [6.45, 7) is 4.59. The highest BCUT2D eigenvalue weighted by Gasteiger charge is 2.11. The summed E-state index contributed by atoms with van der Waals surface area (Å²) in [5, 5.41) is 0.953. The molecule has 0 unspecified atom stereocenters. The fourth-order valence-corrected chi connectivity index (χ4v) is 1.95. The molecule has 0 aliphatic rings. The van der Waals surface area contributed by atoms with E-state index >= 15 is 0 Å². The second-order valence-corrected chi connectivity index (χ2v) is 4.02. The highest BCUT2D eigenvalue weighted by molar-refractivity contribution is 6.08. The lowest BCUT2D eigenvalue weighted by atomic mass is 10.1. The molecular weight excluding hydrogens is 214 g/mol. The monoisotopic (exact) mass is 231 g/mol. The van der Waals surface area contributed by atoms with E-state index in [2.05, 4.69) is 4.98 Å². The van der Waals surface area contributed by atoms with Crippen LogP contribution in [0.1, 0.15) is 37.0 Å². The third-order valence-corrected chi connectivity index (χ3v) is 2.74. The third-order valence-electron chi connectivity index (χ3n) is 2.74. The number of rotatable bonds is 5. The van der Waals surface area contributed by atoms with Crippen molar-refractivity contribution in [1.82, 2.24) is 4.98 Å². The number of benzene rings is 1. The molecule has 0 spiro atoms. The molecule has 3 nitrogen and oxygen atoms in total. The molecule has 0 fully saturated rings. The molecule has 2 aromatic rings. The molecule has 90 valence electrons. The first kappa shape index (κ1) is 11.7. The van der Waals surface area contributed by atoms with Crippen LogP contribution in [0.25, 0.3) is 10.9 Å². The second kappa shape index (κ2) is 5.04. The SMILES string of the molecule is CCCC(=O)c1c[nH]c2ccc(OCC)cc12. The topological polar surface area (TPSA) is 42.1 Å². The summed E-state index contributed by atoms with van der Waals surface area (Å²) in [6, 6.07) is 5.79. The molecule has 0 radical (unpaired) electrons. The van der Waals surface area contributed by atoms with Crippen LogP contribution in [0.5, 0.6) is 5.75 Å². The van der Waals surface area contributed by atoms with Crippen LogP contribution in [0.3, 0.4) is 0 Å². The van der Waals surface area contributed by atoms with Gasteiger partial charge in [0.25, 0.3) is 0 Å². The largest absolute Gasteiger partial charge is 0.494 e. The lowest BCUT2D eigenvalue weighted by Crippen LogP contribution is -1.97. The number of nitrogens with one attached hydrogen (secondary N) is 1. The van der Waals surface area contributed by atoms with Gasteiger partial charge in [-0.15, -0.1) is 0 Å². The Morgan fingerprint density at radius 1 is 1.35 bits per heavy atom. The van der Waals surface area contributed by atoms with Crippen molar-refractivity contribution in [3.63, 3.8) is 0 Å². The quantitative estimate of drug-likeness (QED) is 0.799. The van der Waals surface area contributed by atoms with Crippen molar-refractivity contribution in [2.75, 3.05) is 6.61 Å². The molecule has 0 aliphatic carbocycles. The molecule has 0 saturated carbocycles. The van der Waals surface area contributed by atoms with Crippen LogP contribution in [0, 0.1) is 0 Å². The Hall–Kier alpha value is -1.77. The minimum Gasteiger partial charge on any atom is -0.494 e. The van der Waals surface area contributed by atoms with Gasteiger partial charge >= 0.3 is 0 Å². The fraction of sp³-hybridized carbons (Fsp3) is 0.357. The Labute approximate surface area is 101 Å². The Bertz CT molecular complexity index is 528.